The number of nitrogens with one attached hydrogen (secondary N) is 1. The minimum absolute atomic E-state index is 0.823. The second-order valence-corrected chi connectivity index (χ2v) is 3.87. The quantitative estimate of drug-likeness (QED) is 0.763. The number of rotatable bonds is 1. The topological polar surface area (TPSA) is 54.5 Å². The van der Waals surface area contributed by atoms with Gasteiger partial charge in [0.15, 0.2) is 0 Å². The van der Waals surface area contributed by atoms with Crippen LogP contribution in [0.25, 0.3) is 11.4 Å². The molecule has 0 atom stereocenters. The summed E-state index contributed by atoms with van der Waals surface area (Å²) in [6, 6.07) is 4.20. The number of fused-ring (bicyclic) bond motifs is 1. The van der Waals surface area contributed by atoms with Crippen LogP contribution in [0.1, 0.15) is 24.1 Å². The first kappa shape index (κ1) is 8.59. The van der Waals surface area contributed by atoms with Crippen LogP contribution in [0.2, 0.25) is 0 Å². The molecule has 0 aromatic carbocycles. The number of hydrogen-bond donors (Lipinski definition) is 1. The van der Waals surface area contributed by atoms with Crippen molar-refractivity contribution in [3.05, 3.63) is 29.6 Å². The summed E-state index contributed by atoms with van der Waals surface area (Å²) in [6.45, 7) is 0. The Balaban J connectivity index is 2.04. The van der Waals surface area contributed by atoms with Crippen molar-refractivity contribution in [2.75, 3.05) is 0 Å². The molecule has 15 heavy (non-hydrogen) atoms. The Morgan fingerprint density at radius 3 is 2.87 bits per heavy atom. The van der Waals surface area contributed by atoms with E-state index >= 15 is 0 Å². The van der Waals surface area contributed by atoms with Gasteiger partial charge in [-0.3, -0.25) is 10.1 Å². The minimum Gasteiger partial charge on any atom is -0.265 e. The zero-order chi connectivity index (χ0) is 10.1. The lowest BCUT2D eigenvalue weighted by Crippen LogP contribution is -2.05. The van der Waals surface area contributed by atoms with Gasteiger partial charge in [0.1, 0.15) is 5.69 Å². The molecule has 0 aliphatic heterocycles. The standard InChI is InChI=1S/C11H12N4/c1-2-4-9-8(3-1)5-6-10(13-9)11-7-12-15-14-11/h5-7H,1-4H2,(H,12,14,15). The molecule has 2 aromatic heterocycles. The zero-order valence-electron chi connectivity index (χ0n) is 8.40. The molecule has 0 bridgehead atoms. The monoisotopic (exact) mass is 200 g/mol. The van der Waals surface area contributed by atoms with E-state index in [2.05, 4.69) is 26.5 Å². The van der Waals surface area contributed by atoms with Crippen molar-refractivity contribution in [1.82, 2.24) is 20.4 Å². The third-order valence-corrected chi connectivity index (χ3v) is 2.86. The summed E-state index contributed by atoms with van der Waals surface area (Å²) in [5.41, 5.74) is 4.38. The highest BCUT2D eigenvalue weighted by Gasteiger charge is 2.12. The fourth-order valence-electron chi connectivity index (χ4n) is 2.05. The van der Waals surface area contributed by atoms with Gasteiger partial charge in [-0.2, -0.15) is 0 Å². The molecule has 1 aliphatic carbocycles. The van der Waals surface area contributed by atoms with E-state index in [1.165, 1.54) is 30.5 Å². The van der Waals surface area contributed by atoms with E-state index in [4.69, 9.17) is 0 Å². The molecule has 1 N–H and O–H groups in total. The molecule has 76 valence electrons. The molecule has 2 heterocycles. The predicted octanol–water partition coefficient (Wildman–Crippen LogP) is 1.75. The van der Waals surface area contributed by atoms with Crippen LogP contribution in [0, 0.1) is 0 Å². The van der Waals surface area contributed by atoms with Crippen molar-refractivity contribution in [1.29, 1.82) is 0 Å². The van der Waals surface area contributed by atoms with Gasteiger partial charge in [0, 0.05) is 5.69 Å². The molecule has 4 nitrogen and oxygen atoms in total. The highest BCUT2D eigenvalue weighted by molar-refractivity contribution is 5.53. The van der Waals surface area contributed by atoms with Crippen molar-refractivity contribution in [2.45, 2.75) is 25.7 Å². The largest absolute Gasteiger partial charge is 0.265 e. The van der Waals surface area contributed by atoms with Gasteiger partial charge < -0.3 is 0 Å². The molecule has 0 fully saturated rings. The van der Waals surface area contributed by atoms with Gasteiger partial charge in [-0.05, 0) is 37.3 Å². The molecule has 4 heteroatoms. The molecule has 0 saturated carbocycles. The smallest absolute Gasteiger partial charge is 0.131 e. The first-order valence-electron chi connectivity index (χ1n) is 5.29. The summed E-state index contributed by atoms with van der Waals surface area (Å²) >= 11 is 0. The number of pyridine rings is 1. The van der Waals surface area contributed by atoms with Gasteiger partial charge in [0.05, 0.1) is 11.9 Å². The maximum Gasteiger partial charge on any atom is 0.131 e. The molecule has 0 unspecified atom stereocenters. The Hall–Kier alpha value is -1.71. The average Bonchev–Trinajstić information content (AvgIpc) is 2.82. The molecular formula is C11H12N4. The van der Waals surface area contributed by atoms with Crippen LogP contribution < -0.4 is 0 Å². The summed E-state index contributed by atoms with van der Waals surface area (Å²) in [7, 11) is 0. The molecule has 0 amide bonds. The van der Waals surface area contributed by atoms with Crippen LogP contribution in [0.3, 0.4) is 0 Å². The first-order valence-corrected chi connectivity index (χ1v) is 5.29. The number of aromatic amines is 1. The number of nitrogens with zero attached hydrogens (tertiary/aromatic N) is 3. The molecular weight excluding hydrogens is 188 g/mol. The second-order valence-electron chi connectivity index (χ2n) is 3.87. The Bertz CT molecular complexity index is 461. The average molecular weight is 200 g/mol. The van der Waals surface area contributed by atoms with Crippen LogP contribution in [-0.2, 0) is 12.8 Å². The SMILES string of the molecule is c1[nH]nnc1-c1ccc2c(n1)CCCC2. The van der Waals surface area contributed by atoms with Crippen molar-refractivity contribution in [3.63, 3.8) is 0 Å². The molecule has 0 saturated heterocycles. The molecule has 1 aliphatic rings. The van der Waals surface area contributed by atoms with Gasteiger partial charge in [0.25, 0.3) is 0 Å². The van der Waals surface area contributed by atoms with Gasteiger partial charge in [-0.1, -0.05) is 11.3 Å². The maximum atomic E-state index is 4.63. The lowest BCUT2D eigenvalue weighted by molar-refractivity contribution is 0.668. The number of hydrogen-bond acceptors (Lipinski definition) is 3. The lowest BCUT2D eigenvalue weighted by Gasteiger charge is -2.14. The van der Waals surface area contributed by atoms with E-state index in [9.17, 15) is 0 Å². The summed E-state index contributed by atoms with van der Waals surface area (Å²) in [4.78, 5) is 4.63. The van der Waals surface area contributed by atoms with Gasteiger partial charge >= 0.3 is 0 Å². The van der Waals surface area contributed by atoms with Crippen LogP contribution >= 0.6 is 0 Å². The predicted molar refractivity (Wildman–Crippen MR) is 56.3 cm³/mol. The highest BCUT2D eigenvalue weighted by Crippen LogP contribution is 2.22. The molecule has 2 aromatic rings. The number of H-pyrrole nitrogens is 1. The third-order valence-electron chi connectivity index (χ3n) is 2.86. The van der Waals surface area contributed by atoms with E-state index in [1.807, 2.05) is 6.07 Å². The van der Waals surface area contributed by atoms with Gasteiger partial charge in [-0.25, -0.2) is 0 Å². The fourth-order valence-corrected chi connectivity index (χ4v) is 2.05. The van der Waals surface area contributed by atoms with Crippen LogP contribution in [0.4, 0.5) is 0 Å². The Labute approximate surface area is 87.7 Å². The van der Waals surface area contributed by atoms with Gasteiger partial charge in [0.2, 0.25) is 0 Å². The number of aryl methyl sites for hydroxylation is 2. The van der Waals surface area contributed by atoms with Crippen molar-refractivity contribution in [3.8, 4) is 11.4 Å². The first-order chi connectivity index (χ1) is 7.43. The second kappa shape index (κ2) is 3.46. The Morgan fingerprint density at radius 1 is 1.07 bits per heavy atom. The van der Waals surface area contributed by atoms with E-state index < -0.39 is 0 Å². The van der Waals surface area contributed by atoms with Crippen molar-refractivity contribution in [2.24, 2.45) is 0 Å². The molecule has 3 rings (SSSR count). The maximum absolute atomic E-state index is 4.63. The Kier molecular flexibility index (Phi) is 1.98. The fraction of sp³-hybridized carbons (Fsp3) is 0.364. The summed E-state index contributed by atoms with van der Waals surface area (Å²) < 4.78 is 0. The third kappa shape index (κ3) is 1.52. The minimum atomic E-state index is 0.823. The zero-order valence-corrected chi connectivity index (χ0v) is 8.40. The van der Waals surface area contributed by atoms with Crippen molar-refractivity contribution >= 4 is 0 Å². The van der Waals surface area contributed by atoms with Gasteiger partial charge in [-0.15, -0.1) is 5.10 Å². The normalized spacial score (nSPS) is 14.9. The Morgan fingerprint density at radius 2 is 2.00 bits per heavy atom. The highest BCUT2D eigenvalue weighted by atomic mass is 15.3. The summed E-state index contributed by atoms with van der Waals surface area (Å²) in [6.07, 6.45) is 6.58. The summed E-state index contributed by atoms with van der Waals surface area (Å²) in [5, 5.41) is 10.4. The number of aromatic nitrogens is 4. The lowest BCUT2D eigenvalue weighted by atomic mass is 9.96. The van der Waals surface area contributed by atoms with Crippen LogP contribution in [0.5, 0.6) is 0 Å². The summed E-state index contributed by atoms with van der Waals surface area (Å²) in [5.74, 6) is 0. The molecule has 0 radical (unpaired) electrons. The van der Waals surface area contributed by atoms with E-state index in [-0.39, 0.29) is 0 Å². The van der Waals surface area contributed by atoms with Crippen molar-refractivity contribution < 1.29 is 0 Å². The van der Waals surface area contributed by atoms with Crippen LogP contribution in [-0.4, -0.2) is 20.4 Å². The van der Waals surface area contributed by atoms with Crippen LogP contribution in [0.15, 0.2) is 18.3 Å². The molecule has 0 spiro atoms. The van der Waals surface area contributed by atoms with E-state index in [1.54, 1.807) is 6.20 Å². The van der Waals surface area contributed by atoms with E-state index in [0.29, 0.717) is 0 Å². The van der Waals surface area contributed by atoms with E-state index in [0.717, 1.165) is 17.8 Å².